The van der Waals surface area contributed by atoms with Crippen molar-refractivity contribution < 1.29 is 9.18 Å². The van der Waals surface area contributed by atoms with Crippen molar-refractivity contribution in [3.05, 3.63) is 33.3 Å². The minimum atomic E-state index is -0.578. The fourth-order valence-electron chi connectivity index (χ4n) is 1.08. The fourth-order valence-corrected chi connectivity index (χ4v) is 1.68. The molecule has 0 saturated heterocycles. The number of halogens is 3. The van der Waals surface area contributed by atoms with E-state index in [1.165, 1.54) is 0 Å². The van der Waals surface area contributed by atoms with Gasteiger partial charge in [-0.3, -0.25) is 0 Å². The molecule has 0 radical (unpaired) electrons. The molecular formula is C10H11BrClFN2O. The van der Waals surface area contributed by atoms with Gasteiger partial charge in [0.15, 0.2) is 0 Å². The molecule has 0 aromatic heterocycles. The number of amides is 2. The first kappa shape index (κ1) is 13.3. The minimum absolute atomic E-state index is 0.0120. The second-order valence-corrected chi connectivity index (χ2v) is 4.24. The van der Waals surface area contributed by atoms with Crippen molar-refractivity contribution in [3.8, 4) is 0 Å². The van der Waals surface area contributed by atoms with Crippen molar-refractivity contribution in [1.29, 1.82) is 0 Å². The fraction of sp³-hybridized carbons (Fsp3) is 0.300. The number of benzene rings is 1. The summed E-state index contributed by atoms with van der Waals surface area (Å²) in [7, 11) is 0. The van der Waals surface area contributed by atoms with Crippen LogP contribution >= 0.6 is 27.5 Å². The number of carbonyl (C=O) groups excluding carboxylic acids is 1. The number of alkyl halides is 1. The van der Waals surface area contributed by atoms with Crippen LogP contribution < -0.4 is 10.6 Å². The van der Waals surface area contributed by atoms with E-state index >= 15 is 0 Å². The molecule has 2 amide bonds. The second kappa shape index (κ2) is 6.70. The summed E-state index contributed by atoms with van der Waals surface area (Å²) in [5.74, 6) is 0. The van der Waals surface area contributed by atoms with Crippen molar-refractivity contribution >= 4 is 33.6 Å². The molecule has 0 aliphatic rings. The summed E-state index contributed by atoms with van der Waals surface area (Å²) in [5, 5.41) is 5.50. The van der Waals surface area contributed by atoms with Crippen LogP contribution in [-0.4, -0.2) is 19.3 Å². The molecule has 0 aliphatic heterocycles. The maximum Gasteiger partial charge on any atom is 0.315 e. The van der Waals surface area contributed by atoms with Gasteiger partial charge in [0.05, 0.1) is 5.02 Å². The number of carbonyl (C=O) groups is 1. The van der Waals surface area contributed by atoms with E-state index in [0.29, 0.717) is 11.6 Å². The monoisotopic (exact) mass is 308 g/mol. The second-order valence-electron chi connectivity index (χ2n) is 3.01. The molecule has 0 atom stereocenters. The van der Waals surface area contributed by atoms with Crippen LogP contribution in [0.4, 0.5) is 9.18 Å². The van der Waals surface area contributed by atoms with Crippen LogP contribution in [0.1, 0.15) is 5.56 Å². The van der Waals surface area contributed by atoms with E-state index in [1.54, 1.807) is 0 Å². The Kier molecular flexibility index (Phi) is 5.55. The zero-order chi connectivity index (χ0) is 12.0. The smallest absolute Gasteiger partial charge is 0.315 e. The lowest BCUT2D eigenvalue weighted by molar-refractivity contribution is 0.239. The first-order valence-electron chi connectivity index (χ1n) is 4.65. The van der Waals surface area contributed by atoms with E-state index in [0.717, 1.165) is 10.0 Å². The quantitative estimate of drug-likeness (QED) is 0.882. The SMILES string of the molecule is O=C(NCCF)NCc1cccc(Br)c1Cl. The van der Waals surface area contributed by atoms with Gasteiger partial charge in [-0.15, -0.1) is 0 Å². The lowest BCUT2D eigenvalue weighted by Gasteiger charge is -2.08. The molecule has 1 aromatic rings. The Hall–Kier alpha value is -0.810. The van der Waals surface area contributed by atoms with Crippen LogP contribution in [0.15, 0.2) is 22.7 Å². The van der Waals surface area contributed by atoms with Gasteiger partial charge < -0.3 is 10.6 Å². The lowest BCUT2D eigenvalue weighted by atomic mass is 10.2. The van der Waals surface area contributed by atoms with Gasteiger partial charge in [0.2, 0.25) is 0 Å². The molecule has 2 N–H and O–H groups in total. The average molecular weight is 310 g/mol. The van der Waals surface area contributed by atoms with E-state index in [-0.39, 0.29) is 6.54 Å². The van der Waals surface area contributed by atoms with Gasteiger partial charge in [-0.2, -0.15) is 0 Å². The molecule has 0 heterocycles. The van der Waals surface area contributed by atoms with Crippen molar-refractivity contribution in [2.75, 3.05) is 13.2 Å². The molecule has 16 heavy (non-hydrogen) atoms. The topological polar surface area (TPSA) is 41.1 Å². The molecule has 6 heteroatoms. The Morgan fingerprint density at radius 2 is 2.19 bits per heavy atom. The highest BCUT2D eigenvalue weighted by Crippen LogP contribution is 2.25. The molecule has 0 spiro atoms. The number of hydrogen-bond acceptors (Lipinski definition) is 1. The lowest BCUT2D eigenvalue weighted by Crippen LogP contribution is -2.36. The van der Waals surface area contributed by atoms with Gasteiger partial charge in [-0.05, 0) is 27.6 Å². The summed E-state index contributed by atoms with van der Waals surface area (Å²) in [6.45, 7) is -0.264. The van der Waals surface area contributed by atoms with Crippen LogP contribution in [0.25, 0.3) is 0 Å². The van der Waals surface area contributed by atoms with Gasteiger partial charge in [-0.1, -0.05) is 23.7 Å². The normalized spacial score (nSPS) is 9.94. The molecule has 0 fully saturated rings. The van der Waals surface area contributed by atoms with Gasteiger partial charge in [-0.25, -0.2) is 9.18 Å². The van der Waals surface area contributed by atoms with Gasteiger partial charge in [0, 0.05) is 17.6 Å². The Morgan fingerprint density at radius 1 is 1.44 bits per heavy atom. The number of nitrogens with one attached hydrogen (secondary N) is 2. The average Bonchev–Trinajstić information content (AvgIpc) is 2.28. The number of urea groups is 1. The van der Waals surface area contributed by atoms with E-state index in [4.69, 9.17) is 11.6 Å². The highest BCUT2D eigenvalue weighted by atomic mass is 79.9. The Morgan fingerprint density at radius 3 is 2.88 bits per heavy atom. The third-order valence-corrected chi connectivity index (χ3v) is 3.19. The van der Waals surface area contributed by atoms with E-state index in [2.05, 4.69) is 26.6 Å². The number of hydrogen-bond donors (Lipinski definition) is 2. The third kappa shape index (κ3) is 3.98. The van der Waals surface area contributed by atoms with Gasteiger partial charge >= 0.3 is 6.03 Å². The molecule has 0 unspecified atom stereocenters. The summed E-state index contributed by atoms with van der Waals surface area (Å²) >= 11 is 9.29. The largest absolute Gasteiger partial charge is 0.336 e. The summed E-state index contributed by atoms with van der Waals surface area (Å²) in [6.07, 6.45) is 0. The van der Waals surface area contributed by atoms with Crippen LogP contribution in [0, 0.1) is 0 Å². The molecule has 1 rings (SSSR count). The van der Waals surface area contributed by atoms with Crippen LogP contribution in [0.2, 0.25) is 5.02 Å². The molecule has 1 aromatic carbocycles. The Labute approximate surface area is 106 Å². The Bertz CT molecular complexity index is 376. The van der Waals surface area contributed by atoms with Crippen LogP contribution in [-0.2, 0) is 6.54 Å². The van der Waals surface area contributed by atoms with E-state index in [1.807, 2.05) is 18.2 Å². The molecule has 88 valence electrons. The zero-order valence-corrected chi connectivity index (χ0v) is 10.7. The van der Waals surface area contributed by atoms with Gasteiger partial charge in [0.25, 0.3) is 0 Å². The predicted octanol–water partition coefficient (Wildman–Crippen LogP) is 2.87. The summed E-state index contributed by atoms with van der Waals surface area (Å²) in [6, 6.07) is 5.04. The molecule has 0 bridgehead atoms. The summed E-state index contributed by atoms with van der Waals surface area (Å²) < 4.78 is 12.5. The van der Waals surface area contributed by atoms with Crippen LogP contribution in [0.5, 0.6) is 0 Å². The van der Waals surface area contributed by atoms with E-state index in [9.17, 15) is 9.18 Å². The highest BCUT2D eigenvalue weighted by molar-refractivity contribution is 9.10. The molecular weight excluding hydrogens is 298 g/mol. The van der Waals surface area contributed by atoms with Crippen molar-refractivity contribution in [1.82, 2.24) is 10.6 Å². The van der Waals surface area contributed by atoms with Gasteiger partial charge in [0.1, 0.15) is 6.67 Å². The first-order chi connectivity index (χ1) is 7.65. The third-order valence-electron chi connectivity index (χ3n) is 1.85. The first-order valence-corrected chi connectivity index (χ1v) is 5.82. The Balaban J connectivity index is 2.48. The maximum absolute atomic E-state index is 11.8. The summed E-state index contributed by atoms with van der Waals surface area (Å²) in [4.78, 5) is 11.1. The number of rotatable bonds is 4. The van der Waals surface area contributed by atoms with Crippen molar-refractivity contribution in [2.45, 2.75) is 6.54 Å². The minimum Gasteiger partial charge on any atom is -0.336 e. The van der Waals surface area contributed by atoms with Crippen molar-refractivity contribution in [2.24, 2.45) is 0 Å². The highest BCUT2D eigenvalue weighted by Gasteiger charge is 2.05. The van der Waals surface area contributed by atoms with Crippen molar-refractivity contribution in [3.63, 3.8) is 0 Å². The van der Waals surface area contributed by atoms with E-state index < -0.39 is 12.7 Å². The molecule has 3 nitrogen and oxygen atoms in total. The predicted molar refractivity (Wildman–Crippen MR) is 65.4 cm³/mol. The zero-order valence-electron chi connectivity index (χ0n) is 8.40. The maximum atomic E-state index is 11.8. The molecule has 0 aliphatic carbocycles. The standard InChI is InChI=1S/C10H11BrClFN2O/c11-8-3-1-2-7(9(8)12)6-15-10(16)14-5-4-13/h1-3H,4-6H2,(H2,14,15,16). The summed E-state index contributed by atoms with van der Waals surface area (Å²) in [5.41, 5.74) is 0.798. The van der Waals surface area contributed by atoms with Crippen LogP contribution in [0.3, 0.4) is 0 Å². The molecule has 0 saturated carbocycles.